The summed E-state index contributed by atoms with van der Waals surface area (Å²) in [5.41, 5.74) is 3.12. The van der Waals surface area contributed by atoms with Crippen molar-refractivity contribution in [3.63, 3.8) is 0 Å². The van der Waals surface area contributed by atoms with E-state index < -0.39 is 58.9 Å². The topological polar surface area (TPSA) is 163 Å². The average molecular weight is 537 g/mol. The Kier molecular flexibility index (Phi) is 7.57. The highest BCUT2D eigenvalue weighted by atomic mass is 16.6. The molecule has 0 aromatic heterocycles. The molecule has 3 saturated carbocycles. The quantitative estimate of drug-likeness (QED) is 0.362. The molecule has 10 atom stereocenters. The van der Waals surface area contributed by atoms with Gasteiger partial charge in [-0.15, -0.1) is 6.58 Å². The highest BCUT2D eigenvalue weighted by Gasteiger charge is 2.68. The second-order valence-electron chi connectivity index (χ2n) is 12.1. The monoisotopic (exact) mass is 536 g/mol. The van der Waals surface area contributed by atoms with Crippen LogP contribution in [-0.2, 0) is 23.7 Å². The van der Waals surface area contributed by atoms with E-state index in [1.165, 1.54) is 0 Å². The van der Waals surface area contributed by atoms with Gasteiger partial charge in [0.1, 0.15) is 11.9 Å². The van der Waals surface area contributed by atoms with Crippen molar-refractivity contribution in [1.29, 1.82) is 0 Å². The van der Waals surface area contributed by atoms with Crippen LogP contribution in [0.15, 0.2) is 12.7 Å². The van der Waals surface area contributed by atoms with Gasteiger partial charge in [-0.25, -0.2) is 19.7 Å². The van der Waals surface area contributed by atoms with Crippen LogP contribution in [0.4, 0.5) is 14.4 Å². The van der Waals surface area contributed by atoms with Crippen molar-refractivity contribution in [3.05, 3.63) is 12.7 Å². The zero-order valence-electron chi connectivity index (χ0n) is 22.6. The number of ketones is 1. The van der Waals surface area contributed by atoms with Gasteiger partial charge in [0.2, 0.25) is 0 Å². The van der Waals surface area contributed by atoms with Crippen LogP contribution in [-0.4, -0.2) is 66.8 Å². The summed E-state index contributed by atoms with van der Waals surface area (Å²) in [6, 6.07) is 0. The van der Waals surface area contributed by atoms with Crippen molar-refractivity contribution in [3.8, 4) is 0 Å². The van der Waals surface area contributed by atoms with E-state index in [0.717, 1.165) is 12.8 Å². The molecule has 4 N–H and O–H groups in total. The average Bonchev–Trinajstić information content (AvgIpc) is 3.43. The van der Waals surface area contributed by atoms with Gasteiger partial charge in [0.05, 0.1) is 19.3 Å². The maximum Gasteiger partial charge on any atom is 0.417 e. The van der Waals surface area contributed by atoms with Crippen molar-refractivity contribution in [1.82, 2.24) is 5.32 Å². The summed E-state index contributed by atoms with van der Waals surface area (Å²) in [7, 11) is 0. The molecule has 1 heterocycles. The number of rotatable bonds is 4. The van der Waals surface area contributed by atoms with E-state index in [-0.39, 0.29) is 43.2 Å². The molecule has 212 valence electrons. The smallest absolute Gasteiger partial charge is 0.417 e. The van der Waals surface area contributed by atoms with Gasteiger partial charge in [0.15, 0.2) is 12.2 Å². The van der Waals surface area contributed by atoms with Crippen LogP contribution >= 0.6 is 0 Å². The minimum atomic E-state index is -1.09. The molecule has 1 saturated heterocycles. The van der Waals surface area contributed by atoms with E-state index in [4.69, 9.17) is 24.7 Å². The molecule has 11 heteroatoms. The molecule has 0 unspecified atom stereocenters. The number of alkyl carbamates (subject to hydrolysis) is 2. The van der Waals surface area contributed by atoms with Crippen LogP contribution in [0.25, 0.3) is 0 Å². The summed E-state index contributed by atoms with van der Waals surface area (Å²) in [6.45, 7) is 11.9. The van der Waals surface area contributed by atoms with Crippen molar-refractivity contribution >= 4 is 24.1 Å². The van der Waals surface area contributed by atoms with Crippen molar-refractivity contribution in [2.24, 2.45) is 39.7 Å². The summed E-state index contributed by atoms with van der Waals surface area (Å²) in [5, 5.41) is 13.6. The Labute approximate surface area is 222 Å². The molecule has 0 aromatic rings. The Morgan fingerprint density at radius 2 is 1.74 bits per heavy atom. The van der Waals surface area contributed by atoms with Crippen molar-refractivity contribution in [2.45, 2.75) is 84.2 Å². The lowest BCUT2D eigenvalue weighted by Gasteiger charge is -2.61. The minimum Gasteiger partial charge on any atom is -0.445 e. The highest BCUT2D eigenvalue weighted by molar-refractivity contribution is 5.88. The van der Waals surface area contributed by atoms with Gasteiger partial charge in [-0.3, -0.25) is 4.79 Å². The number of amides is 3. The number of primary amides is 1. The largest absolute Gasteiger partial charge is 0.445 e. The number of carbonyl (C=O) groups excluding carboxylic acids is 4. The molecule has 2 bridgehead atoms. The standard InChI is InChI=1S/C27H40N2O9/c1-6-25(4)11-19(38-24(34)29-23(33)37-18-13-35-12-17(18)36-22(28)32)26(5)14(2)7-9-27(15(3)21(25)31)10-8-16(30)20(26)27/h6,14-15,17-21,31H,1,7-13H2,2-5H3,(H2,28,32)(H,29,33,34)/t14-,15+,17-,18+,19-,20+,21+,25-,26+,27+/m1/s1. The number of aliphatic hydroxyl groups is 1. The van der Waals surface area contributed by atoms with Gasteiger partial charge in [-0.2, -0.15) is 0 Å². The fourth-order valence-corrected chi connectivity index (χ4v) is 7.79. The number of nitrogens with two attached hydrogens (primary N) is 1. The third-order valence-corrected chi connectivity index (χ3v) is 10.3. The number of hydrogen-bond acceptors (Lipinski definition) is 9. The van der Waals surface area contributed by atoms with Gasteiger partial charge in [0.25, 0.3) is 0 Å². The van der Waals surface area contributed by atoms with Gasteiger partial charge in [-0.05, 0) is 42.9 Å². The predicted octanol–water partition coefficient (Wildman–Crippen LogP) is 3.08. The molecule has 0 spiro atoms. The number of imide groups is 1. The number of hydrogen-bond donors (Lipinski definition) is 3. The first-order valence-corrected chi connectivity index (χ1v) is 13.3. The molecule has 4 rings (SSSR count). The molecule has 11 nitrogen and oxygen atoms in total. The lowest BCUT2D eigenvalue weighted by atomic mass is 9.44. The maximum atomic E-state index is 13.4. The van der Waals surface area contributed by atoms with E-state index in [0.29, 0.717) is 12.8 Å². The van der Waals surface area contributed by atoms with Crippen LogP contribution in [0.2, 0.25) is 0 Å². The molecule has 38 heavy (non-hydrogen) atoms. The lowest BCUT2D eigenvalue weighted by Crippen LogP contribution is -2.63. The predicted molar refractivity (Wildman–Crippen MR) is 134 cm³/mol. The first-order valence-electron chi connectivity index (χ1n) is 13.3. The molecule has 1 aliphatic heterocycles. The fraction of sp³-hybridized carbons (Fsp3) is 0.778. The Bertz CT molecular complexity index is 1000. The van der Waals surface area contributed by atoms with Gasteiger partial charge < -0.3 is 29.8 Å². The van der Waals surface area contributed by atoms with Crippen LogP contribution < -0.4 is 11.1 Å². The second kappa shape index (κ2) is 10.1. The summed E-state index contributed by atoms with van der Waals surface area (Å²) < 4.78 is 21.2. The second-order valence-corrected chi connectivity index (χ2v) is 12.1. The fourth-order valence-electron chi connectivity index (χ4n) is 7.79. The van der Waals surface area contributed by atoms with Crippen molar-refractivity contribution in [2.75, 3.05) is 13.2 Å². The van der Waals surface area contributed by atoms with Crippen LogP contribution in [0.1, 0.15) is 59.8 Å². The summed E-state index contributed by atoms with van der Waals surface area (Å²) in [5.74, 6) is -0.352. The zero-order chi connectivity index (χ0) is 28.0. The molecular weight excluding hydrogens is 496 g/mol. The molecule has 3 aliphatic carbocycles. The summed E-state index contributed by atoms with van der Waals surface area (Å²) in [6.07, 6.45) is -1.88. The van der Waals surface area contributed by atoms with Crippen LogP contribution in [0.5, 0.6) is 0 Å². The van der Waals surface area contributed by atoms with Gasteiger partial charge in [0, 0.05) is 23.2 Å². The third-order valence-electron chi connectivity index (χ3n) is 10.3. The van der Waals surface area contributed by atoms with Gasteiger partial charge in [-0.1, -0.05) is 33.8 Å². The number of Topliss-reactive ketones (excluding diaryl/α,β-unsaturated/α-hetero) is 1. The summed E-state index contributed by atoms with van der Waals surface area (Å²) in [4.78, 5) is 50.0. The number of aliphatic hydroxyl groups excluding tert-OH is 1. The van der Waals surface area contributed by atoms with E-state index >= 15 is 0 Å². The van der Waals surface area contributed by atoms with E-state index in [9.17, 15) is 24.3 Å². The molecule has 3 amide bonds. The van der Waals surface area contributed by atoms with Crippen LogP contribution in [0, 0.1) is 34.0 Å². The number of nitrogens with one attached hydrogen (secondary N) is 1. The Morgan fingerprint density at radius 1 is 1.11 bits per heavy atom. The molecule has 4 fully saturated rings. The van der Waals surface area contributed by atoms with E-state index in [1.54, 1.807) is 6.08 Å². The first-order chi connectivity index (χ1) is 17.8. The lowest BCUT2D eigenvalue weighted by molar-refractivity contribution is -0.191. The normalized spacial score (nSPS) is 44.2. The number of ether oxygens (including phenoxy) is 4. The SMILES string of the molecule is C=C[C@]1(C)C[C@@H](OC(=O)NC(=O)O[C@H]2COC[C@H]2OC(N)=O)[C@]2(C)[C@H](C)CC[C@]3(CCC(=O)[C@H]32)[C@@H](C)[C@@H]1O. The third kappa shape index (κ3) is 4.57. The Balaban J connectivity index is 1.58. The highest BCUT2D eigenvalue weighted by Crippen LogP contribution is 2.67. The number of carbonyl (C=O) groups is 4. The summed E-state index contributed by atoms with van der Waals surface area (Å²) >= 11 is 0. The molecule has 0 radical (unpaired) electrons. The minimum absolute atomic E-state index is 0.00169. The maximum absolute atomic E-state index is 13.4. The molecular formula is C27H40N2O9. The Hall–Kier alpha value is -2.66. The van der Waals surface area contributed by atoms with E-state index in [2.05, 4.69) is 18.8 Å². The molecule has 0 aromatic carbocycles. The zero-order valence-corrected chi connectivity index (χ0v) is 22.6. The van der Waals surface area contributed by atoms with E-state index in [1.807, 2.05) is 20.8 Å². The first kappa shape index (κ1) is 28.4. The molecule has 4 aliphatic rings. The Morgan fingerprint density at radius 3 is 2.37 bits per heavy atom. The van der Waals surface area contributed by atoms with Gasteiger partial charge >= 0.3 is 18.3 Å². The van der Waals surface area contributed by atoms with Crippen molar-refractivity contribution < 1.29 is 43.2 Å². The van der Waals surface area contributed by atoms with Crippen LogP contribution in [0.3, 0.4) is 0 Å².